The average molecular weight is 785 g/mol. The van der Waals surface area contributed by atoms with Gasteiger partial charge in [-0.15, -0.1) is 0 Å². The molecule has 0 bridgehead atoms. The number of rotatable bonds is 34. The summed E-state index contributed by atoms with van der Waals surface area (Å²) in [6.07, 6.45) is 44.4. The number of ether oxygens (including phenoxy) is 4. The van der Waals surface area contributed by atoms with Crippen molar-refractivity contribution in [2.45, 2.75) is 166 Å². The van der Waals surface area contributed by atoms with Crippen molar-refractivity contribution >= 4 is 5.97 Å². The molecular weight excluding hydrogens is 709 g/mol. The Morgan fingerprint density at radius 2 is 1.04 bits per heavy atom. The van der Waals surface area contributed by atoms with E-state index in [9.17, 15) is 25.2 Å². The van der Waals surface area contributed by atoms with Gasteiger partial charge in [0.05, 0.1) is 19.8 Å². The number of carbonyl (C=O) groups is 1. The van der Waals surface area contributed by atoms with Gasteiger partial charge in [0.15, 0.2) is 6.29 Å². The van der Waals surface area contributed by atoms with E-state index in [4.69, 9.17) is 18.9 Å². The lowest BCUT2D eigenvalue weighted by Gasteiger charge is -2.39. The van der Waals surface area contributed by atoms with Crippen LogP contribution in [0.15, 0.2) is 97.2 Å². The number of hydrogen-bond donors (Lipinski definition) is 4. The topological polar surface area (TPSA) is 135 Å². The number of aliphatic hydroxyl groups is 4. The van der Waals surface area contributed by atoms with Gasteiger partial charge in [-0.05, 0) is 83.5 Å². The molecule has 0 saturated carbocycles. The lowest BCUT2D eigenvalue weighted by molar-refractivity contribution is -0.305. The van der Waals surface area contributed by atoms with E-state index >= 15 is 0 Å². The molecule has 1 rings (SSSR count). The highest BCUT2D eigenvalue weighted by molar-refractivity contribution is 5.69. The van der Waals surface area contributed by atoms with Gasteiger partial charge in [0, 0.05) is 13.0 Å². The van der Waals surface area contributed by atoms with Gasteiger partial charge < -0.3 is 39.4 Å². The van der Waals surface area contributed by atoms with Crippen molar-refractivity contribution in [3.05, 3.63) is 97.2 Å². The fourth-order valence-electron chi connectivity index (χ4n) is 5.72. The maximum absolute atomic E-state index is 12.8. The van der Waals surface area contributed by atoms with E-state index in [0.717, 1.165) is 103 Å². The number of unbranched alkanes of at least 4 members (excludes halogenated alkanes) is 7. The van der Waals surface area contributed by atoms with Crippen LogP contribution >= 0.6 is 0 Å². The molecule has 1 aliphatic heterocycles. The molecule has 0 spiro atoms. The van der Waals surface area contributed by atoms with E-state index in [1.165, 1.54) is 6.42 Å². The zero-order valence-corrected chi connectivity index (χ0v) is 34.6. The van der Waals surface area contributed by atoms with Gasteiger partial charge in [-0.2, -0.15) is 0 Å². The van der Waals surface area contributed by atoms with Crippen molar-refractivity contribution in [3.8, 4) is 0 Å². The van der Waals surface area contributed by atoms with E-state index in [0.29, 0.717) is 6.61 Å². The highest BCUT2D eigenvalue weighted by atomic mass is 16.7. The second-order valence-corrected chi connectivity index (χ2v) is 14.0. The van der Waals surface area contributed by atoms with Crippen LogP contribution in [0.3, 0.4) is 0 Å². The molecule has 0 aromatic carbocycles. The third kappa shape index (κ3) is 28.5. The molecular formula is C47H76O9. The molecule has 9 heteroatoms. The normalized spacial score (nSPS) is 21.6. The van der Waals surface area contributed by atoms with E-state index in [-0.39, 0.29) is 25.6 Å². The Labute approximate surface area is 339 Å². The molecule has 4 N–H and O–H groups in total. The molecule has 0 radical (unpaired) electrons. The average Bonchev–Trinajstić information content (AvgIpc) is 3.20. The Hall–Kier alpha value is -2.89. The third-order valence-corrected chi connectivity index (χ3v) is 9.00. The summed E-state index contributed by atoms with van der Waals surface area (Å²) in [4.78, 5) is 12.8. The van der Waals surface area contributed by atoms with Crippen LogP contribution in [0.25, 0.3) is 0 Å². The summed E-state index contributed by atoms with van der Waals surface area (Å²) in [7, 11) is 0. The highest BCUT2D eigenvalue weighted by Crippen LogP contribution is 2.22. The monoisotopic (exact) mass is 785 g/mol. The first kappa shape index (κ1) is 51.1. The van der Waals surface area contributed by atoms with Crippen LogP contribution in [0, 0.1) is 0 Å². The number of allylic oxidation sites excluding steroid dienone is 16. The molecule has 0 aromatic rings. The maximum Gasteiger partial charge on any atom is 0.306 e. The van der Waals surface area contributed by atoms with Crippen LogP contribution in [0.1, 0.15) is 129 Å². The first-order chi connectivity index (χ1) is 27.4. The zero-order chi connectivity index (χ0) is 40.7. The lowest BCUT2D eigenvalue weighted by atomic mass is 9.99. The number of carbonyl (C=O) groups excluding carboxylic acids is 1. The molecule has 1 fully saturated rings. The molecule has 56 heavy (non-hydrogen) atoms. The molecule has 9 nitrogen and oxygen atoms in total. The van der Waals surface area contributed by atoms with Crippen LogP contribution < -0.4 is 0 Å². The van der Waals surface area contributed by atoms with E-state index in [1.807, 2.05) is 0 Å². The van der Waals surface area contributed by atoms with E-state index < -0.39 is 43.4 Å². The van der Waals surface area contributed by atoms with Gasteiger partial charge in [0.1, 0.15) is 30.5 Å². The predicted molar refractivity (Wildman–Crippen MR) is 228 cm³/mol. The number of aliphatic hydroxyl groups excluding tert-OH is 4. The van der Waals surface area contributed by atoms with Crippen molar-refractivity contribution in [1.29, 1.82) is 0 Å². The van der Waals surface area contributed by atoms with Gasteiger partial charge >= 0.3 is 5.97 Å². The van der Waals surface area contributed by atoms with Gasteiger partial charge in [-0.1, -0.05) is 137 Å². The van der Waals surface area contributed by atoms with E-state index in [1.54, 1.807) is 0 Å². The van der Waals surface area contributed by atoms with Crippen LogP contribution in [-0.4, -0.2) is 89.6 Å². The first-order valence-corrected chi connectivity index (χ1v) is 21.3. The quantitative estimate of drug-likeness (QED) is 0.0286. The van der Waals surface area contributed by atoms with Gasteiger partial charge in [0.25, 0.3) is 0 Å². The van der Waals surface area contributed by atoms with Crippen LogP contribution in [-0.2, 0) is 23.7 Å². The van der Waals surface area contributed by atoms with Crippen molar-refractivity contribution in [2.24, 2.45) is 0 Å². The maximum atomic E-state index is 12.8. The molecule has 1 heterocycles. The Morgan fingerprint density at radius 1 is 0.571 bits per heavy atom. The molecule has 318 valence electrons. The Kier molecular flexibility index (Phi) is 34.4. The van der Waals surface area contributed by atoms with Crippen LogP contribution in [0.5, 0.6) is 0 Å². The molecule has 1 saturated heterocycles. The summed E-state index contributed by atoms with van der Waals surface area (Å²) in [5, 5.41) is 40.1. The summed E-state index contributed by atoms with van der Waals surface area (Å²) in [6, 6.07) is 0. The lowest BCUT2D eigenvalue weighted by Crippen LogP contribution is -2.59. The van der Waals surface area contributed by atoms with Crippen LogP contribution in [0.2, 0.25) is 0 Å². The molecule has 0 aromatic heterocycles. The van der Waals surface area contributed by atoms with Gasteiger partial charge in [-0.25, -0.2) is 0 Å². The summed E-state index contributed by atoms with van der Waals surface area (Å²) < 4.78 is 22.7. The first-order valence-electron chi connectivity index (χ1n) is 21.3. The fourth-order valence-corrected chi connectivity index (χ4v) is 5.72. The minimum atomic E-state index is -1.55. The summed E-state index contributed by atoms with van der Waals surface area (Å²) in [5.74, 6) is -0.352. The highest BCUT2D eigenvalue weighted by Gasteiger charge is 2.44. The molecule has 6 unspecified atom stereocenters. The Balaban J connectivity index is 2.34. The summed E-state index contributed by atoms with van der Waals surface area (Å²) in [6.45, 7) is 4.13. The Morgan fingerprint density at radius 3 is 1.55 bits per heavy atom. The van der Waals surface area contributed by atoms with Crippen molar-refractivity contribution in [1.82, 2.24) is 0 Å². The summed E-state index contributed by atoms with van der Waals surface area (Å²) >= 11 is 0. The van der Waals surface area contributed by atoms with Crippen LogP contribution in [0.4, 0.5) is 0 Å². The molecule has 0 aliphatic carbocycles. The minimum Gasteiger partial charge on any atom is -0.457 e. The smallest absolute Gasteiger partial charge is 0.306 e. The van der Waals surface area contributed by atoms with Crippen molar-refractivity contribution in [3.63, 3.8) is 0 Å². The molecule has 1 aliphatic rings. The van der Waals surface area contributed by atoms with Gasteiger partial charge in [-0.3, -0.25) is 4.79 Å². The second kappa shape index (κ2) is 37.7. The molecule has 0 amide bonds. The molecule has 6 atom stereocenters. The largest absolute Gasteiger partial charge is 0.457 e. The second-order valence-electron chi connectivity index (χ2n) is 14.0. The third-order valence-electron chi connectivity index (χ3n) is 9.00. The standard InChI is InChI=1S/C47H76O9/c1-3-5-7-9-11-13-15-17-19-20-21-22-23-24-26-28-30-32-34-36-43(49)55-41(40-54-47-46(52)45(51)44(50)42(38-48)56-47)39-53-37-35-33-31-29-27-25-18-16-14-12-10-8-6-4-2/h5-8,11-14,17-19,21-22,25,29,31,41-42,44-48,50-52H,3-4,9-10,15-16,20,23-24,26-28,30,32-40H2,1-2H3/b7-5-,8-6-,13-11-,14-12-,19-17-,22-21-,25-18-,31-29-. The van der Waals surface area contributed by atoms with Crippen molar-refractivity contribution < 1.29 is 44.2 Å². The SMILES string of the molecule is CC/C=C\C/C=C\C/C=C\C/C=C\CCCCCCCCC(=O)OC(COCCC/C=C\C/C=C\C/C=C\C/C=C\CC)COC1OC(CO)C(O)C(O)C1O. The zero-order valence-electron chi connectivity index (χ0n) is 34.6. The number of esters is 1. The summed E-state index contributed by atoms with van der Waals surface area (Å²) in [5.41, 5.74) is 0. The van der Waals surface area contributed by atoms with E-state index in [2.05, 4.69) is 111 Å². The van der Waals surface area contributed by atoms with Crippen molar-refractivity contribution in [2.75, 3.05) is 26.4 Å². The minimum absolute atomic E-state index is 0.0939. The fraction of sp³-hybridized carbons (Fsp3) is 0.638. The van der Waals surface area contributed by atoms with Gasteiger partial charge in [0.2, 0.25) is 0 Å². The number of hydrogen-bond acceptors (Lipinski definition) is 9. The Bertz CT molecular complexity index is 1170. The predicted octanol–water partition coefficient (Wildman–Crippen LogP) is 9.24.